The minimum Gasteiger partial charge on any atom is -0.274 e. The summed E-state index contributed by atoms with van der Waals surface area (Å²) in [5.41, 5.74) is 3.89. The molecule has 2 rings (SSSR count). The van der Waals surface area contributed by atoms with Crippen LogP contribution < -0.4 is 5.48 Å². The van der Waals surface area contributed by atoms with Gasteiger partial charge in [0, 0.05) is 9.77 Å². The van der Waals surface area contributed by atoms with Crippen molar-refractivity contribution in [3.63, 3.8) is 0 Å². The second-order valence-electron chi connectivity index (χ2n) is 2.57. The number of rotatable bonds is 1. The summed E-state index contributed by atoms with van der Waals surface area (Å²) in [5.74, 6) is 0. The predicted molar refractivity (Wildman–Crippen MR) is 55.3 cm³/mol. The molecular weight excluding hydrogens is 265 g/mol. The second-order valence-corrected chi connectivity index (χ2v) is 3.82. The molecule has 1 aromatic carbocycles. The van der Waals surface area contributed by atoms with E-state index < -0.39 is 0 Å². The van der Waals surface area contributed by atoms with Gasteiger partial charge in [-0.15, -0.1) is 0 Å². The summed E-state index contributed by atoms with van der Waals surface area (Å²) in [6.45, 7) is 0. The molecule has 0 radical (unpaired) electrons. The van der Waals surface area contributed by atoms with Gasteiger partial charge in [0.15, 0.2) is 0 Å². The summed E-state index contributed by atoms with van der Waals surface area (Å²) in [5, 5.41) is 0. The molecule has 1 aliphatic heterocycles. The maximum atomic E-state index is 5.23. The van der Waals surface area contributed by atoms with Crippen molar-refractivity contribution >= 4 is 22.6 Å². The van der Waals surface area contributed by atoms with Crippen molar-refractivity contribution in [1.29, 1.82) is 0 Å². The first-order valence-corrected chi connectivity index (χ1v) is 4.77. The van der Waals surface area contributed by atoms with E-state index >= 15 is 0 Å². The van der Waals surface area contributed by atoms with Crippen molar-refractivity contribution in [2.75, 3.05) is 0 Å². The zero-order chi connectivity index (χ0) is 8.39. The van der Waals surface area contributed by atoms with Crippen LogP contribution in [0.2, 0.25) is 0 Å². The average molecular weight is 273 g/mol. The Morgan fingerprint density at radius 1 is 1.42 bits per heavy atom. The van der Waals surface area contributed by atoms with Crippen molar-refractivity contribution in [3.05, 3.63) is 45.7 Å². The smallest absolute Gasteiger partial charge is 0.130 e. The fourth-order valence-corrected chi connectivity index (χ4v) is 1.71. The van der Waals surface area contributed by atoms with Gasteiger partial charge in [0.1, 0.15) is 6.10 Å². The summed E-state index contributed by atoms with van der Waals surface area (Å²) >= 11 is 2.29. The molecule has 62 valence electrons. The third kappa shape index (κ3) is 1.61. The fourth-order valence-electron chi connectivity index (χ4n) is 1.14. The molecule has 1 heterocycles. The molecular formula is C9H8INO. The van der Waals surface area contributed by atoms with Gasteiger partial charge >= 0.3 is 0 Å². The van der Waals surface area contributed by atoms with Gasteiger partial charge in [-0.25, -0.2) is 0 Å². The monoisotopic (exact) mass is 273 g/mol. The zero-order valence-electron chi connectivity index (χ0n) is 6.33. The molecule has 0 spiro atoms. The molecule has 0 fully saturated rings. The summed E-state index contributed by atoms with van der Waals surface area (Å²) in [6.07, 6.45) is 3.87. The van der Waals surface area contributed by atoms with E-state index in [-0.39, 0.29) is 6.10 Å². The lowest BCUT2D eigenvalue weighted by Crippen LogP contribution is -2.03. The normalized spacial score (nSPS) is 20.9. The number of hydrogen-bond acceptors (Lipinski definition) is 2. The standard InChI is InChI=1S/C9H8INO/c10-8-3-1-2-7(6-8)9-4-5-11-12-9/h1-6,9,11H. The van der Waals surface area contributed by atoms with Crippen molar-refractivity contribution in [3.8, 4) is 0 Å². The number of nitrogens with one attached hydrogen (secondary N) is 1. The maximum Gasteiger partial charge on any atom is 0.130 e. The highest BCUT2D eigenvalue weighted by Crippen LogP contribution is 2.21. The van der Waals surface area contributed by atoms with Crippen LogP contribution in [0.1, 0.15) is 11.7 Å². The Morgan fingerprint density at radius 3 is 3.00 bits per heavy atom. The highest BCUT2D eigenvalue weighted by Gasteiger charge is 2.11. The number of halogens is 1. The van der Waals surface area contributed by atoms with Gasteiger partial charge in [0.25, 0.3) is 0 Å². The van der Waals surface area contributed by atoms with Crippen LogP contribution in [0, 0.1) is 3.57 Å². The molecule has 1 N–H and O–H groups in total. The molecule has 1 aliphatic rings. The zero-order valence-corrected chi connectivity index (χ0v) is 8.49. The largest absolute Gasteiger partial charge is 0.274 e. The van der Waals surface area contributed by atoms with Crippen LogP contribution in [0.3, 0.4) is 0 Å². The van der Waals surface area contributed by atoms with E-state index in [9.17, 15) is 0 Å². The molecule has 1 aromatic rings. The number of hydrogen-bond donors (Lipinski definition) is 1. The van der Waals surface area contributed by atoms with Crippen LogP contribution in [0.15, 0.2) is 36.5 Å². The van der Waals surface area contributed by atoms with Gasteiger partial charge in [-0.2, -0.15) is 0 Å². The van der Waals surface area contributed by atoms with E-state index in [0.717, 1.165) is 0 Å². The molecule has 0 aliphatic carbocycles. The van der Waals surface area contributed by atoms with Gasteiger partial charge in [-0.1, -0.05) is 12.1 Å². The van der Waals surface area contributed by atoms with E-state index in [4.69, 9.17) is 4.84 Å². The molecule has 0 saturated carbocycles. The van der Waals surface area contributed by atoms with Crippen LogP contribution in [0.5, 0.6) is 0 Å². The van der Waals surface area contributed by atoms with E-state index in [1.807, 2.05) is 18.3 Å². The van der Waals surface area contributed by atoms with E-state index in [1.54, 1.807) is 0 Å². The Balaban J connectivity index is 2.27. The molecule has 12 heavy (non-hydrogen) atoms. The maximum absolute atomic E-state index is 5.23. The number of hydroxylamine groups is 1. The minimum absolute atomic E-state index is 0.0692. The van der Waals surface area contributed by atoms with Crippen molar-refractivity contribution in [2.24, 2.45) is 0 Å². The quantitative estimate of drug-likeness (QED) is 0.793. The van der Waals surface area contributed by atoms with Crippen LogP contribution in [-0.2, 0) is 4.84 Å². The average Bonchev–Trinajstić information content (AvgIpc) is 2.56. The van der Waals surface area contributed by atoms with Gasteiger partial charge in [0.05, 0.1) is 0 Å². The van der Waals surface area contributed by atoms with Crippen LogP contribution >= 0.6 is 22.6 Å². The third-order valence-electron chi connectivity index (χ3n) is 1.71. The Bertz CT molecular complexity index is 311. The molecule has 3 heteroatoms. The van der Waals surface area contributed by atoms with Crippen molar-refractivity contribution in [2.45, 2.75) is 6.10 Å². The van der Waals surface area contributed by atoms with Crippen molar-refractivity contribution in [1.82, 2.24) is 5.48 Å². The molecule has 2 nitrogen and oxygen atoms in total. The lowest BCUT2D eigenvalue weighted by molar-refractivity contribution is 0.0470. The van der Waals surface area contributed by atoms with E-state index in [1.165, 1.54) is 9.13 Å². The second kappa shape index (κ2) is 3.45. The Labute approximate surface area is 84.7 Å². The topological polar surface area (TPSA) is 21.3 Å². The first kappa shape index (κ1) is 8.07. The van der Waals surface area contributed by atoms with Crippen molar-refractivity contribution < 1.29 is 4.84 Å². The van der Waals surface area contributed by atoms with Gasteiger partial charge < -0.3 is 0 Å². The van der Waals surface area contributed by atoms with Gasteiger partial charge in [-0.05, 0) is 46.4 Å². The molecule has 0 saturated heterocycles. The highest BCUT2D eigenvalue weighted by molar-refractivity contribution is 14.1. The predicted octanol–water partition coefficient (Wildman–Crippen LogP) is 2.38. The van der Waals surface area contributed by atoms with Crippen LogP contribution in [-0.4, -0.2) is 0 Å². The van der Waals surface area contributed by atoms with Crippen LogP contribution in [0.25, 0.3) is 0 Å². The minimum atomic E-state index is 0.0692. The molecule has 1 unspecified atom stereocenters. The molecule has 0 amide bonds. The molecule has 0 bridgehead atoms. The first-order chi connectivity index (χ1) is 5.86. The SMILES string of the molecule is Ic1cccc(C2C=CNO2)c1. The third-order valence-corrected chi connectivity index (χ3v) is 2.38. The summed E-state index contributed by atoms with van der Waals surface area (Å²) < 4.78 is 1.23. The Morgan fingerprint density at radius 2 is 2.33 bits per heavy atom. The molecule has 0 aromatic heterocycles. The fraction of sp³-hybridized carbons (Fsp3) is 0.111. The Hall–Kier alpha value is -0.550. The van der Waals surface area contributed by atoms with Crippen LogP contribution in [0.4, 0.5) is 0 Å². The Kier molecular flexibility index (Phi) is 2.32. The number of benzene rings is 1. The first-order valence-electron chi connectivity index (χ1n) is 3.69. The molecule has 1 atom stereocenters. The summed E-state index contributed by atoms with van der Waals surface area (Å²) in [7, 11) is 0. The van der Waals surface area contributed by atoms with E-state index in [0.29, 0.717) is 0 Å². The van der Waals surface area contributed by atoms with Gasteiger partial charge in [-0.3, -0.25) is 10.3 Å². The summed E-state index contributed by atoms with van der Waals surface area (Å²) in [6, 6.07) is 8.27. The highest BCUT2D eigenvalue weighted by atomic mass is 127. The lowest BCUT2D eigenvalue weighted by atomic mass is 10.1. The van der Waals surface area contributed by atoms with Gasteiger partial charge in [0.2, 0.25) is 0 Å². The lowest BCUT2D eigenvalue weighted by Gasteiger charge is -2.07. The summed E-state index contributed by atoms with van der Waals surface area (Å²) in [4.78, 5) is 5.23. The van der Waals surface area contributed by atoms with E-state index in [2.05, 4.69) is 46.3 Å².